The fraction of sp³-hybridized carbons (Fsp3) is 0.444. The van der Waals surface area contributed by atoms with Gasteiger partial charge in [-0.05, 0) is 32.4 Å². The van der Waals surface area contributed by atoms with Crippen LogP contribution in [-0.4, -0.2) is 53.3 Å². The van der Waals surface area contributed by atoms with E-state index < -0.39 is 0 Å². The van der Waals surface area contributed by atoms with Gasteiger partial charge < -0.3 is 14.8 Å². The minimum Gasteiger partial charge on any atom is -0.358 e. The van der Waals surface area contributed by atoms with Gasteiger partial charge in [-0.1, -0.05) is 18.2 Å². The zero-order chi connectivity index (χ0) is 17.0. The molecule has 2 amide bonds. The molecule has 0 aliphatic rings. The molecular weight excluding hydrogens is 290 g/mol. The third-order valence-electron chi connectivity index (χ3n) is 4.27. The van der Waals surface area contributed by atoms with Gasteiger partial charge in [0.05, 0.1) is 13.0 Å². The fourth-order valence-corrected chi connectivity index (χ4v) is 2.82. The van der Waals surface area contributed by atoms with Crippen LogP contribution < -0.4 is 0 Å². The number of aromatic amines is 1. The second-order valence-electron chi connectivity index (χ2n) is 5.77. The molecule has 1 heterocycles. The smallest absolute Gasteiger partial charge is 0.242 e. The lowest BCUT2D eigenvalue weighted by Crippen LogP contribution is -2.41. The van der Waals surface area contributed by atoms with E-state index >= 15 is 0 Å². The monoisotopic (exact) mass is 315 g/mol. The number of hydrogen-bond acceptors (Lipinski definition) is 2. The number of carbonyl (C=O) groups is 2. The number of fused-ring (bicyclic) bond motifs is 1. The van der Waals surface area contributed by atoms with Crippen molar-refractivity contribution in [3.05, 3.63) is 35.5 Å². The normalized spacial score (nSPS) is 10.8. The van der Waals surface area contributed by atoms with E-state index in [1.807, 2.05) is 45.0 Å². The maximum absolute atomic E-state index is 12.5. The number of likely N-dealkylation sites (N-methyl/N-ethyl adjacent to an activating group) is 2. The Labute approximate surface area is 137 Å². The van der Waals surface area contributed by atoms with E-state index in [1.54, 1.807) is 11.9 Å². The quantitative estimate of drug-likeness (QED) is 0.889. The van der Waals surface area contributed by atoms with Gasteiger partial charge in [0.25, 0.3) is 0 Å². The highest BCUT2D eigenvalue weighted by Crippen LogP contribution is 2.22. The lowest BCUT2D eigenvalue weighted by Gasteiger charge is -2.23. The van der Waals surface area contributed by atoms with Crippen molar-refractivity contribution in [2.24, 2.45) is 0 Å². The molecule has 0 spiro atoms. The highest BCUT2D eigenvalue weighted by Gasteiger charge is 2.19. The minimum atomic E-state index is -0.0432. The summed E-state index contributed by atoms with van der Waals surface area (Å²) in [5, 5.41) is 1.07. The van der Waals surface area contributed by atoms with E-state index in [0.29, 0.717) is 19.5 Å². The number of nitrogens with one attached hydrogen (secondary N) is 1. The SMILES string of the molecule is CCN(CC)C(=O)CN(C)C(=O)Cc1c(C)[nH]c2ccccc12. The van der Waals surface area contributed by atoms with Crippen molar-refractivity contribution in [2.45, 2.75) is 27.2 Å². The molecule has 0 radical (unpaired) electrons. The van der Waals surface area contributed by atoms with Crippen molar-refractivity contribution in [1.29, 1.82) is 0 Å². The number of amides is 2. The number of aromatic nitrogens is 1. The molecule has 2 rings (SSSR count). The van der Waals surface area contributed by atoms with Crippen LogP contribution in [0.3, 0.4) is 0 Å². The fourth-order valence-electron chi connectivity index (χ4n) is 2.82. The summed E-state index contributed by atoms with van der Waals surface area (Å²) in [6.07, 6.45) is 0.303. The van der Waals surface area contributed by atoms with E-state index in [0.717, 1.165) is 22.2 Å². The molecule has 0 aliphatic carbocycles. The molecule has 0 saturated carbocycles. The van der Waals surface area contributed by atoms with Crippen LogP contribution >= 0.6 is 0 Å². The average molecular weight is 315 g/mol. The molecule has 124 valence electrons. The van der Waals surface area contributed by atoms with Crippen LogP contribution in [0.2, 0.25) is 0 Å². The van der Waals surface area contributed by atoms with E-state index in [1.165, 1.54) is 4.90 Å². The van der Waals surface area contributed by atoms with E-state index in [4.69, 9.17) is 0 Å². The molecule has 0 atom stereocenters. The Hall–Kier alpha value is -2.30. The van der Waals surface area contributed by atoms with Crippen molar-refractivity contribution >= 4 is 22.7 Å². The number of hydrogen-bond donors (Lipinski definition) is 1. The predicted molar refractivity (Wildman–Crippen MR) is 92.3 cm³/mol. The van der Waals surface area contributed by atoms with Crippen LogP contribution in [0.5, 0.6) is 0 Å². The van der Waals surface area contributed by atoms with Crippen LogP contribution in [-0.2, 0) is 16.0 Å². The molecule has 0 bridgehead atoms. The van der Waals surface area contributed by atoms with E-state index in [2.05, 4.69) is 4.98 Å². The van der Waals surface area contributed by atoms with Gasteiger partial charge >= 0.3 is 0 Å². The molecule has 0 unspecified atom stereocenters. The summed E-state index contributed by atoms with van der Waals surface area (Å²) < 4.78 is 0. The Bertz CT molecular complexity index is 701. The molecule has 5 heteroatoms. The minimum absolute atomic E-state index is 0.0125. The molecule has 1 aromatic carbocycles. The Kier molecular flexibility index (Phi) is 5.42. The van der Waals surface area contributed by atoms with E-state index in [-0.39, 0.29) is 18.4 Å². The van der Waals surface area contributed by atoms with E-state index in [9.17, 15) is 9.59 Å². The molecule has 5 nitrogen and oxygen atoms in total. The Balaban J connectivity index is 2.08. The number of aryl methyl sites for hydroxylation is 1. The summed E-state index contributed by atoms with van der Waals surface area (Å²) in [4.78, 5) is 31.2. The highest BCUT2D eigenvalue weighted by atomic mass is 16.2. The summed E-state index contributed by atoms with van der Waals surface area (Å²) in [6.45, 7) is 7.32. The van der Waals surface area contributed by atoms with Crippen molar-refractivity contribution in [3.8, 4) is 0 Å². The maximum Gasteiger partial charge on any atom is 0.242 e. The van der Waals surface area contributed by atoms with Gasteiger partial charge in [-0.15, -0.1) is 0 Å². The Morgan fingerprint density at radius 1 is 1.09 bits per heavy atom. The van der Waals surface area contributed by atoms with Gasteiger partial charge in [0.2, 0.25) is 11.8 Å². The van der Waals surface area contributed by atoms with Crippen LogP contribution in [0.25, 0.3) is 10.9 Å². The number of rotatable bonds is 6. The first-order valence-corrected chi connectivity index (χ1v) is 8.05. The van der Waals surface area contributed by atoms with Crippen molar-refractivity contribution < 1.29 is 9.59 Å². The first kappa shape index (κ1) is 17.1. The van der Waals surface area contributed by atoms with Gasteiger partial charge in [-0.3, -0.25) is 9.59 Å². The molecule has 2 aromatic rings. The molecule has 0 fully saturated rings. The van der Waals surface area contributed by atoms with Crippen LogP contribution in [0.4, 0.5) is 0 Å². The van der Waals surface area contributed by atoms with Crippen molar-refractivity contribution in [3.63, 3.8) is 0 Å². The summed E-state index contributed by atoms with van der Waals surface area (Å²) >= 11 is 0. The third-order valence-corrected chi connectivity index (χ3v) is 4.27. The van der Waals surface area contributed by atoms with Crippen LogP contribution in [0, 0.1) is 6.92 Å². The summed E-state index contributed by atoms with van der Waals surface area (Å²) in [5.74, 6) is -0.0557. The molecule has 1 N–H and O–H groups in total. The topological polar surface area (TPSA) is 56.4 Å². The number of para-hydroxylation sites is 1. The predicted octanol–water partition coefficient (Wildman–Crippen LogP) is 2.35. The molecule has 0 aliphatic heterocycles. The molecular formula is C18H25N3O2. The van der Waals surface area contributed by atoms with Crippen LogP contribution in [0.1, 0.15) is 25.1 Å². The summed E-state index contributed by atoms with van der Waals surface area (Å²) in [6, 6.07) is 7.96. The summed E-state index contributed by atoms with van der Waals surface area (Å²) in [5.41, 5.74) is 3.05. The van der Waals surface area contributed by atoms with Gasteiger partial charge in [0, 0.05) is 36.7 Å². The number of H-pyrrole nitrogens is 1. The second-order valence-corrected chi connectivity index (χ2v) is 5.77. The highest BCUT2D eigenvalue weighted by molar-refractivity contribution is 5.91. The summed E-state index contributed by atoms with van der Waals surface area (Å²) in [7, 11) is 1.69. The molecule has 0 saturated heterocycles. The number of nitrogens with zero attached hydrogens (tertiary/aromatic N) is 2. The first-order valence-electron chi connectivity index (χ1n) is 8.05. The lowest BCUT2D eigenvalue weighted by molar-refractivity contribution is -0.138. The van der Waals surface area contributed by atoms with Gasteiger partial charge in [-0.25, -0.2) is 0 Å². The zero-order valence-corrected chi connectivity index (χ0v) is 14.3. The van der Waals surface area contributed by atoms with Gasteiger partial charge in [0.15, 0.2) is 0 Å². The number of benzene rings is 1. The molecule has 1 aromatic heterocycles. The van der Waals surface area contributed by atoms with Crippen LogP contribution in [0.15, 0.2) is 24.3 Å². The largest absolute Gasteiger partial charge is 0.358 e. The second kappa shape index (κ2) is 7.31. The van der Waals surface area contributed by atoms with Gasteiger partial charge in [-0.2, -0.15) is 0 Å². The average Bonchev–Trinajstić information content (AvgIpc) is 2.84. The van der Waals surface area contributed by atoms with Crippen molar-refractivity contribution in [2.75, 3.05) is 26.7 Å². The van der Waals surface area contributed by atoms with Crippen molar-refractivity contribution in [1.82, 2.24) is 14.8 Å². The number of carbonyl (C=O) groups excluding carboxylic acids is 2. The Morgan fingerprint density at radius 2 is 1.74 bits per heavy atom. The van der Waals surface area contributed by atoms with Gasteiger partial charge in [0.1, 0.15) is 0 Å². The molecule has 23 heavy (non-hydrogen) atoms. The Morgan fingerprint density at radius 3 is 2.39 bits per heavy atom. The standard InChI is InChI=1S/C18H25N3O2/c1-5-21(6-2)18(23)12-20(4)17(22)11-15-13(3)19-16-10-8-7-9-14(15)16/h7-10,19H,5-6,11-12H2,1-4H3. The third kappa shape index (κ3) is 3.73. The maximum atomic E-state index is 12.5. The lowest BCUT2D eigenvalue weighted by atomic mass is 10.1. The first-order chi connectivity index (χ1) is 11.0. The zero-order valence-electron chi connectivity index (χ0n) is 14.3.